The molecule has 0 fully saturated rings. The maximum absolute atomic E-state index is 9.88. The van der Waals surface area contributed by atoms with E-state index in [0.29, 0.717) is 6.42 Å². The first-order chi connectivity index (χ1) is 8.46. The molecule has 0 aliphatic rings. The van der Waals surface area contributed by atoms with Crippen LogP contribution in [0, 0.1) is 0 Å². The van der Waals surface area contributed by atoms with Crippen LogP contribution in [-0.4, -0.2) is 23.4 Å². The van der Waals surface area contributed by atoms with Gasteiger partial charge in [0.2, 0.25) is 0 Å². The van der Waals surface area contributed by atoms with Crippen LogP contribution in [0.5, 0.6) is 5.75 Å². The maximum Gasteiger partial charge on any atom is 0.119 e. The van der Waals surface area contributed by atoms with Gasteiger partial charge in [0.05, 0.1) is 11.7 Å². The van der Waals surface area contributed by atoms with Crippen LogP contribution in [0.2, 0.25) is 0 Å². The third-order valence-corrected chi connectivity index (χ3v) is 2.97. The van der Waals surface area contributed by atoms with E-state index in [1.165, 1.54) is 5.56 Å². The van der Waals surface area contributed by atoms with Gasteiger partial charge in [0.25, 0.3) is 0 Å². The van der Waals surface area contributed by atoms with Gasteiger partial charge in [0.1, 0.15) is 5.75 Å². The van der Waals surface area contributed by atoms with Crippen molar-refractivity contribution >= 4 is 0 Å². The van der Waals surface area contributed by atoms with Crippen molar-refractivity contribution in [2.75, 3.05) is 6.54 Å². The molecule has 1 aromatic rings. The van der Waals surface area contributed by atoms with E-state index in [4.69, 9.17) is 10.5 Å². The van der Waals surface area contributed by atoms with Gasteiger partial charge in [0.15, 0.2) is 0 Å². The summed E-state index contributed by atoms with van der Waals surface area (Å²) in [5, 5.41) is 9.88. The molecule has 2 atom stereocenters. The van der Waals surface area contributed by atoms with Crippen molar-refractivity contribution in [3.05, 3.63) is 29.8 Å². The molecule has 0 bridgehead atoms. The van der Waals surface area contributed by atoms with Gasteiger partial charge >= 0.3 is 0 Å². The molecule has 0 aliphatic heterocycles. The second-order valence-corrected chi connectivity index (χ2v) is 5.23. The Morgan fingerprint density at radius 2 is 1.94 bits per heavy atom. The van der Waals surface area contributed by atoms with E-state index in [1.807, 2.05) is 19.1 Å². The number of aryl methyl sites for hydroxylation is 1. The fourth-order valence-electron chi connectivity index (χ4n) is 2.00. The van der Waals surface area contributed by atoms with Crippen LogP contribution in [0.15, 0.2) is 24.3 Å². The summed E-state index contributed by atoms with van der Waals surface area (Å²) < 4.78 is 5.77. The second-order valence-electron chi connectivity index (χ2n) is 5.23. The number of benzene rings is 1. The van der Waals surface area contributed by atoms with Gasteiger partial charge in [-0.3, -0.25) is 0 Å². The van der Waals surface area contributed by atoms with E-state index in [9.17, 15) is 5.11 Å². The minimum Gasteiger partial charge on any atom is -0.491 e. The van der Waals surface area contributed by atoms with Crippen LogP contribution < -0.4 is 10.5 Å². The molecule has 0 spiro atoms. The van der Waals surface area contributed by atoms with E-state index in [0.717, 1.165) is 18.6 Å². The zero-order valence-corrected chi connectivity index (χ0v) is 11.6. The van der Waals surface area contributed by atoms with E-state index in [2.05, 4.69) is 19.1 Å². The Labute approximate surface area is 110 Å². The highest BCUT2D eigenvalue weighted by Crippen LogP contribution is 2.18. The molecule has 0 aliphatic carbocycles. The lowest BCUT2D eigenvalue weighted by Gasteiger charge is -2.25. The number of rotatable bonds is 7. The highest BCUT2D eigenvalue weighted by Gasteiger charge is 2.22. The molecule has 18 heavy (non-hydrogen) atoms. The largest absolute Gasteiger partial charge is 0.491 e. The molecule has 1 aromatic carbocycles. The van der Waals surface area contributed by atoms with E-state index in [1.54, 1.807) is 6.92 Å². The minimum atomic E-state index is -0.860. The summed E-state index contributed by atoms with van der Waals surface area (Å²) in [6, 6.07) is 8.15. The predicted octanol–water partition coefficient (Wildman–Crippen LogP) is 2.51. The van der Waals surface area contributed by atoms with Gasteiger partial charge in [-0.1, -0.05) is 25.5 Å². The first-order valence-corrected chi connectivity index (χ1v) is 6.65. The third kappa shape index (κ3) is 5.07. The molecular weight excluding hydrogens is 226 g/mol. The molecule has 1 rings (SSSR count). The Balaban J connectivity index is 2.51. The molecule has 0 aromatic heterocycles. The van der Waals surface area contributed by atoms with Gasteiger partial charge in [-0.25, -0.2) is 0 Å². The smallest absolute Gasteiger partial charge is 0.119 e. The Bertz CT molecular complexity index is 346. The van der Waals surface area contributed by atoms with Crippen molar-refractivity contribution in [3.8, 4) is 5.75 Å². The lowest BCUT2D eigenvalue weighted by Crippen LogP contribution is -2.38. The van der Waals surface area contributed by atoms with Gasteiger partial charge < -0.3 is 15.6 Å². The summed E-state index contributed by atoms with van der Waals surface area (Å²) >= 11 is 0. The Morgan fingerprint density at radius 3 is 2.44 bits per heavy atom. The van der Waals surface area contributed by atoms with Gasteiger partial charge in [-0.15, -0.1) is 0 Å². The van der Waals surface area contributed by atoms with Crippen molar-refractivity contribution in [1.29, 1.82) is 0 Å². The fraction of sp³-hybridized carbons (Fsp3) is 0.600. The van der Waals surface area contributed by atoms with Crippen LogP contribution in [0.25, 0.3) is 0 Å². The van der Waals surface area contributed by atoms with Crippen LogP contribution >= 0.6 is 0 Å². The van der Waals surface area contributed by atoms with Crippen molar-refractivity contribution < 1.29 is 9.84 Å². The first-order valence-electron chi connectivity index (χ1n) is 6.65. The Kier molecular flexibility index (Phi) is 5.63. The zero-order chi connectivity index (χ0) is 13.6. The van der Waals surface area contributed by atoms with Crippen LogP contribution in [-0.2, 0) is 6.42 Å². The van der Waals surface area contributed by atoms with Crippen molar-refractivity contribution in [2.24, 2.45) is 5.73 Å². The molecule has 0 radical (unpaired) electrons. The third-order valence-electron chi connectivity index (χ3n) is 2.97. The maximum atomic E-state index is 9.88. The first kappa shape index (κ1) is 15.0. The monoisotopic (exact) mass is 251 g/mol. The SMILES string of the molecule is CCCc1ccc(OC(C)CC(C)(O)CN)cc1. The minimum absolute atomic E-state index is 0.0550. The average molecular weight is 251 g/mol. The number of aliphatic hydroxyl groups is 1. The summed E-state index contributed by atoms with van der Waals surface area (Å²) in [6.07, 6.45) is 2.72. The van der Waals surface area contributed by atoms with E-state index >= 15 is 0 Å². The molecule has 0 saturated carbocycles. The molecule has 3 nitrogen and oxygen atoms in total. The average Bonchev–Trinajstić information content (AvgIpc) is 2.31. The van der Waals surface area contributed by atoms with Crippen molar-refractivity contribution in [3.63, 3.8) is 0 Å². The highest BCUT2D eigenvalue weighted by atomic mass is 16.5. The lowest BCUT2D eigenvalue weighted by atomic mass is 9.99. The van der Waals surface area contributed by atoms with Crippen LogP contribution in [0.1, 0.15) is 39.2 Å². The van der Waals surface area contributed by atoms with Crippen molar-refractivity contribution in [1.82, 2.24) is 0 Å². The molecule has 0 amide bonds. The molecule has 0 saturated heterocycles. The number of ether oxygens (including phenoxy) is 1. The summed E-state index contributed by atoms with van der Waals surface area (Å²) in [5.41, 5.74) is 5.96. The molecule has 3 N–H and O–H groups in total. The van der Waals surface area contributed by atoms with E-state index in [-0.39, 0.29) is 12.6 Å². The van der Waals surface area contributed by atoms with Crippen molar-refractivity contribution in [2.45, 2.75) is 51.7 Å². The van der Waals surface area contributed by atoms with E-state index < -0.39 is 5.60 Å². The molecule has 3 heteroatoms. The standard InChI is InChI=1S/C15H25NO2/c1-4-5-13-6-8-14(9-7-13)18-12(2)10-15(3,17)11-16/h6-9,12,17H,4-5,10-11,16H2,1-3H3. The quantitative estimate of drug-likeness (QED) is 0.783. The summed E-state index contributed by atoms with van der Waals surface area (Å²) in [5.74, 6) is 0.843. The topological polar surface area (TPSA) is 55.5 Å². The van der Waals surface area contributed by atoms with Gasteiger partial charge in [-0.05, 0) is 38.0 Å². The predicted molar refractivity (Wildman–Crippen MR) is 74.8 cm³/mol. The molecular formula is C15H25NO2. The second kappa shape index (κ2) is 6.76. The Morgan fingerprint density at radius 1 is 1.33 bits per heavy atom. The zero-order valence-electron chi connectivity index (χ0n) is 11.6. The summed E-state index contributed by atoms with van der Waals surface area (Å²) in [6.45, 7) is 6.10. The summed E-state index contributed by atoms with van der Waals surface area (Å²) in [7, 11) is 0. The van der Waals surface area contributed by atoms with Gasteiger partial charge in [-0.2, -0.15) is 0 Å². The molecule has 0 heterocycles. The number of nitrogens with two attached hydrogens (primary N) is 1. The normalized spacial score (nSPS) is 16.1. The number of hydrogen-bond donors (Lipinski definition) is 2. The highest BCUT2D eigenvalue weighted by molar-refractivity contribution is 5.27. The fourth-order valence-corrected chi connectivity index (χ4v) is 2.00. The van der Waals surface area contributed by atoms with Gasteiger partial charge in [0, 0.05) is 13.0 Å². The molecule has 2 unspecified atom stereocenters. The Hall–Kier alpha value is -1.06. The summed E-state index contributed by atoms with van der Waals surface area (Å²) in [4.78, 5) is 0. The number of hydrogen-bond acceptors (Lipinski definition) is 3. The lowest BCUT2D eigenvalue weighted by molar-refractivity contribution is 0.0237. The van der Waals surface area contributed by atoms with Crippen LogP contribution in [0.4, 0.5) is 0 Å². The molecule has 102 valence electrons. The van der Waals surface area contributed by atoms with Crippen LogP contribution in [0.3, 0.4) is 0 Å².